The van der Waals surface area contributed by atoms with Crippen LogP contribution >= 0.6 is 11.3 Å². The van der Waals surface area contributed by atoms with Crippen LogP contribution in [0, 0.1) is 11.8 Å². The largest absolute Gasteiger partial charge is 0.481 e. The lowest BCUT2D eigenvalue weighted by molar-refractivity contribution is -0.142. The molecule has 2 atom stereocenters. The lowest BCUT2D eigenvalue weighted by Crippen LogP contribution is -2.39. The molecule has 1 aliphatic rings. The molecule has 1 aromatic heterocycles. The summed E-state index contributed by atoms with van der Waals surface area (Å²) in [7, 11) is 0. The normalized spacial score (nSPS) is 20.8. The van der Waals surface area contributed by atoms with Crippen molar-refractivity contribution < 1.29 is 14.7 Å². The minimum absolute atomic E-state index is 0.000864. The van der Waals surface area contributed by atoms with Crippen molar-refractivity contribution in [3.05, 3.63) is 35.2 Å². The van der Waals surface area contributed by atoms with Crippen LogP contribution in [-0.4, -0.2) is 41.6 Å². The van der Waals surface area contributed by atoms with E-state index in [1.165, 1.54) is 15.6 Å². The van der Waals surface area contributed by atoms with E-state index in [1.54, 1.807) is 16.2 Å². The Hall–Kier alpha value is -2.08. The molecule has 0 aliphatic carbocycles. The first-order chi connectivity index (χ1) is 11.1. The minimum atomic E-state index is -0.822. The van der Waals surface area contributed by atoms with Crippen LogP contribution in [-0.2, 0) is 11.2 Å². The number of carboxylic acids is 1. The Balaban J connectivity index is 1.53. The number of nitrogens with zero attached hydrogens (tertiary/aromatic N) is 1. The Morgan fingerprint density at radius 3 is 2.87 bits per heavy atom. The number of carboxylic acid groups (broad SMARTS) is 1. The molecule has 23 heavy (non-hydrogen) atoms. The Bertz CT molecular complexity index is 727. The molecular weight excluding hydrogens is 312 g/mol. The highest BCUT2D eigenvalue weighted by atomic mass is 32.1. The third-order valence-electron chi connectivity index (χ3n) is 4.45. The first-order valence-corrected chi connectivity index (χ1v) is 8.65. The van der Waals surface area contributed by atoms with Crippen molar-refractivity contribution in [1.82, 2.24) is 10.2 Å². The number of thiophene rings is 1. The van der Waals surface area contributed by atoms with Crippen molar-refractivity contribution in [3.63, 3.8) is 0 Å². The molecule has 0 unspecified atom stereocenters. The van der Waals surface area contributed by atoms with Crippen molar-refractivity contribution in [2.75, 3.05) is 19.6 Å². The summed E-state index contributed by atoms with van der Waals surface area (Å²) in [6.45, 7) is 3.24. The van der Waals surface area contributed by atoms with E-state index in [0.717, 1.165) is 6.42 Å². The molecule has 0 spiro atoms. The van der Waals surface area contributed by atoms with Crippen LogP contribution in [0.15, 0.2) is 29.6 Å². The minimum Gasteiger partial charge on any atom is -0.481 e. The predicted octanol–water partition coefficient (Wildman–Crippen LogP) is 2.81. The second-order valence-corrected chi connectivity index (χ2v) is 6.98. The van der Waals surface area contributed by atoms with E-state index in [9.17, 15) is 9.59 Å². The molecule has 0 radical (unpaired) electrons. The fraction of sp³-hybridized carbons (Fsp3) is 0.412. The smallest absolute Gasteiger partial charge is 0.317 e. The van der Waals surface area contributed by atoms with E-state index < -0.39 is 11.9 Å². The maximum Gasteiger partial charge on any atom is 0.317 e. The number of nitrogens with one attached hydrogen (secondary N) is 1. The molecule has 122 valence electrons. The van der Waals surface area contributed by atoms with E-state index in [0.29, 0.717) is 19.6 Å². The van der Waals surface area contributed by atoms with Gasteiger partial charge in [-0.3, -0.25) is 4.79 Å². The molecular formula is C17H20N2O3S. The van der Waals surface area contributed by atoms with Gasteiger partial charge in [-0.25, -0.2) is 4.79 Å². The highest BCUT2D eigenvalue weighted by Gasteiger charge is 2.36. The first kappa shape index (κ1) is 15.8. The molecule has 2 N–H and O–H groups in total. The third kappa shape index (κ3) is 3.32. The van der Waals surface area contributed by atoms with Gasteiger partial charge in [-0.2, -0.15) is 0 Å². The van der Waals surface area contributed by atoms with Gasteiger partial charge in [-0.15, -0.1) is 11.3 Å². The average molecular weight is 332 g/mol. The molecule has 3 rings (SSSR count). The number of benzene rings is 1. The average Bonchev–Trinajstić information content (AvgIpc) is 3.11. The molecule has 1 aromatic carbocycles. The molecule has 0 saturated carbocycles. The zero-order valence-corrected chi connectivity index (χ0v) is 13.8. The van der Waals surface area contributed by atoms with Gasteiger partial charge in [0, 0.05) is 24.3 Å². The standard InChI is InChI=1S/C17H20N2O3S/c1-11-8-19(9-14(11)16(20)21)17(22)18-7-6-12-10-23-15-5-3-2-4-13(12)15/h2-5,10-11,14H,6-9H2,1H3,(H,18,22)(H,20,21)/t11-,14-/m1/s1. The van der Waals surface area contributed by atoms with Crippen LogP contribution in [0.25, 0.3) is 10.1 Å². The number of hydrogen-bond donors (Lipinski definition) is 2. The highest BCUT2D eigenvalue weighted by Crippen LogP contribution is 2.26. The lowest BCUT2D eigenvalue weighted by Gasteiger charge is -2.16. The van der Waals surface area contributed by atoms with E-state index in [4.69, 9.17) is 5.11 Å². The molecule has 1 fully saturated rings. The zero-order valence-electron chi connectivity index (χ0n) is 13.0. The summed E-state index contributed by atoms with van der Waals surface area (Å²) in [6, 6.07) is 8.08. The summed E-state index contributed by atoms with van der Waals surface area (Å²) in [5.74, 6) is -1.28. The van der Waals surface area contributed by atoms with Crippen molar-refractivity contribution >= 4 is 33.4 Å². The first-order valence-electron chi connectivity index (χ1n) is 7.77. The van der Waals surface area contributed by atoms with Crippen molar-refractivity contribution in [2.45, 2.75) is 13.3 Å². The molecule has 2 heterocycles. The number of urea groups is 1. The maximum atomic E-state index is 12.2. The second kappa shape index (κ2) is 6.58. The quantitative estimate of drug-likeness (QED) is 0.904. The number of fused-ring (bicyclic) bond motifs is 1. The van der Waals surface area contributed by atoms with E-state index >= 15 is 0 Å². The van der Waals surface area contributed by atoms with Gasteiger partial charge in [0.15, 0.2) is 0 Å². The Labute approximate surface area is 138 Å². The molecule has 2 amide bonds. The van der Waals surface area contributed by atoms with Gasteiger partial charge in [-0.1, -0.05) is 25.1 Å². The Morgan fingerprint density at radius 2 is 2.13 bits per heavy atom. The molecule has 1 saturated heterocycles. The number of aliphatic carboxylic acids is 1. The van der Waals surface area contributed by atoms with E-state index in [2.05, 4.69) is 22.8 Å². The summed E-state index contributed by atoms with van der Waals surface area (Å²) >= 11 is 1.71. The zero-order chi connectivity index (χ0) is 16.4. The SMILES string of the molecule is C[C@@H]1CN(C(=O)NCCc2csc3ccccc23)C[C@H]1C(=O)O. The summed E-state index contributed by atoms with van der Waals surface area (Å²) in [6.07, 6.45) is 0.779. The summed E-state index contributed by atoms with van der Waals surface area (Å²) in [4.78, 5) is 24.9. The fourth-order valence-electron chi connectivity index (χ4n) is 3.10. The summed E-state index contributed by atoms with van der Waals surface area (Å²) in [5.41, 5.74) is 1.24. The van der Waals surface area contributed by atoms with Crippen LogP contribution < -0.4 is 5.32 Å². The summed E-state index contributed by atoms with van der Waals surface area (Å²) < 4.78 is 1.26. The summed E-state index contributed by atoms with van der Waals surface area (Å²) in [5, 5.41) is 15.4. The molecule has 1 aliphatic heterocycles. The number of carbonyl (C=O) groups excluding carboxylic acids is 1. The van der Waals surface area contributed by atoms with Crippen LogP contribution in [0.4, 0.5) is 4.79 Å². The van der Waals surface area contributed by atoms with Crippen LogP contribution in [0.1, 0.15) is 12.5 Å². The van der Waals surface area contributed by atoms with Crippen molar-refractivity contribution in [3.8, 4) is 0 Å². The van der Waals surface area contributed by atoms with Crippen LogP contribution in [0.3, 0.4) is 0 Å². The van der Waals surface area contributed by atoms with E-state index in [1.807, 2.05) is 19.1 Å². The number of carbonyl (C=O) groups is 2. The number of likely N-dealkylation sites (tertiary alicyclic amines) is 1. The van der Waals surface area contributed by atoms with Crippen LogP contribution in [0.5, 0.6) is 0 Å². The Kier molecular flexibility index (Phi) is 4.52. The van der Waals surface area contributed by atoms with Gasteiger partial charge < -0.3 is 15.3 Å². The maximum absolute atomic E-state index is 12.2. The second-order valence-electron chi connectivity index (χ2n) is 6.07. The van der Waals surface area contributed by atoms with Crippen LogP contribution in [0.2, 0.25) is 0 Å². The predicted molar refractivity (Wildman–Crippen MR) is 90.8 cm³/mol. The topological polar surface area (TPSA) is 69.6 Å². The van der Waals surface area contributed by atoms with Gasteiger partial charge in [0.2, 0.25) is 0 Å². The molecule has 5 nitrogen and oxygen atoms in total. The third-order valence-corrected chi connectivity index (χ3v) is 5.46. The highest BCUT2D eigenvalue weighted by molar-refractivity contribution is 7.17. The van der Waals surface area contributed by atoms with Gasteiger partial charge in [0.25, 0.3) is 0 Å². The fourth-order valence-corrected chi connectivity index (χ4v) is 4.09. The number of hydrogen-bond acceptors (Lipinski definition) is 3. The molecule has 0 bridgehead atoms. The number of rotatable bonds is 4. The van der Waals surface area contributed by atoms with Gasteiger partial charge in [0.1, 0.15) is 0 Å². The van der Waals surface area contributed by atoms with Gasteiger partial charge in [-0.05, 0) is 34.7 Å². The van der Waals surface area contributed by atoms with Gasteiger partial charge >= 0.3 is 12.0 Å². The van der Waals surface area contributed by atoms with E-state index in [-0.39, 0.29) is 11.9 Å². The number of amides is 2. The monoisotopic (exact) mass is 332 g/mol. The van der Waals surface area contributed by atoms with Crippen molar-refractivity contribution in [1.29, 1.82) is 0 Å². The van der Waals surface area contributed by atoms with Crippen molar-refractivity contribution in [2.24, 2.45) is 11.8 Å². The van der Waals surface area contributed by atoms with Gasteiger partial charge in [0.05, 0.1) is 5.92 Å². The molecule has 2 aromatic rings. The lowest BCUT2D eigenvalue weighted by atomic mass is 9.99. The Morgan fingerprint density at radius 1 is 1.35 bits per heavy atom. The molecule has 6 heteroatoms.